The minimum Gasteiger partial charge on any atom is -0.545 e. The van der Waals surface area contributed by atoms with Crippen LogP contribution >= 0.6 is 0 Å². The van der Waals surface area contributed by atoms with Gasteiger partial charge in [0.2, 0.25) is 5.82 Å². The van der Waals surface area contributed by atoms with Crippen molar-refractivity contribution in [2.24, 2.45) is 0 Å². The zero-order valence-corrected chi connectivity index (χ0v) is 6.19. The molecule has 0 spiro atoms. The van der Waals surface area contributed by atoms with E-state index in [0.717, 1.165) is 6.07 Å². The predicted octanol–water partition coefficient (Wildman–Crippen LogP) is 0.0974. The molecule has 0 atom stereocenters. The molecular weight excluding hydrogens is 181 g/mol. The molecule has 0 saturated carbocycles. The van der Waals surface area contributed by atoms with Gasteiger partial charge in [-0.15, -0.1) is 0 Å². The van der Waals surface area contributed by atoms with Gasteiger partial charge in [0.15, 0.2) is 0 Å². The Kier molecular flexibility index (Phi) is 2.23. The predicted molar refractivity (Wildman–Crippen MR) is 37.4 cm³/mol. The average molecular weight is 184 g/mol. The fourth-order valence-electron chi connectivity index (χ4n) is 0.780. The Morgan fingerprint density at radius 3 is 2.54 bits per heavy atom. The van der Waals surface area contributed by atoms with Crippen molar-refractivity contribution in [1.29, 1.82) is 0 Å². The number of rotatable bonds is 2. The number of carboxylic acids is 1. The van der Waals surface area contributed by atoms with E-state index >= 15 is 0 Å². The Morgan fingerprint density at radius 1 is 1.46 bits per heavy atom. The summed E-state index contributed by atoms with van der Waals surface area (Å²) < 4.78 is 12.6. The van der Waals surface area contributed by atoms with Crippen molar-refractivity contribution in [3.8, 4) is 0 Å². The van der Waals surface area contributed by atoms with Crippen LogP contribution in [0.3, 0.4) is 0 Å². The largest absolute Gasteiger partial charge is 0.545 e. The molecule has 0 amide bonds. The van der Waals surface area contributed by atoms with Crippen LogP contribution in [-0.4, -0.2) is 10.9 Å². The summed E-state index contributed by atoms with van der Waals surface area (Å²) in [5.41, 5.74) is -1.30. The maximum absolute atomic E-state index is 12.6. The van der Waals surface area contributed by atoms with E-state index < -0.39 is 28.0 Å². The number of nitro groups is 1. The lowest BCUT2D eigenvalue weighted by Gasteiger charge is -2.01. The van der Waals surface area contributed by atoms with Crippen molar-refractivity contribution in [2.45, 2.75) is 0 Å². The van der Waals surface area contributed by atoms with Crippen molar-refractivity contribution in [2.75, 3.05) is 0 Å². The second-order valence-corrected chi connectivity index (χ2v) is 2.21. The Morgan fingerprint density at radius 2 is 2.08 bits per heavy atom. The first-order valence-electron chi connectivity index (χ1n) is 3.17. The van der Waals surface area contributed by atoms with Crippen LogP contribution in [0.2, 0.25) is 0 Å². The van der Waals surface area contributed by atoms with Crippen LogP contribution in [0.15, 0.2) is 18.2 Å². The number of hydrogen-bond donors (Lipinski definition) is 0. The summed E-state index contributed by atoms with van der Waals surface area (Å²) in [7, 11) is 0. The van der Waals surface area contributed by atoms with Crippen LogP contribution in [0, 0.1) is 15.9 Å². The van der Waals surface area contributed by atoms with Gasteiger partial charge in [-0.05, 0) is 12.1 Å². The lowest BCUT2D eigenvalue weighted by Crippen LogP contribution is -2.22. The summed E-state index contributed by atoms with van der Waals surface area (Å²) >= 11 is 0. The number of aromatic carboxylic acids is 1. The molecule has 1 rings (SSSR count). The number of nitrogens with zero attached hydrogens (tertiary/aromatic N) is 1. The maximum Gasteiger partial charge on any atom is 0.305 e. The van der Waals surface area contributed by atoms with E-state index in [1.807, 2.05) is 0 Å². The Bertz CT molecular complexity index is 377. The fourth-order valence-corrected chi connectivity index (χ4v) is 0.780. The van der Waals surface area contributed by atoms with Gasteiger partial charge in [0, 0.05) is 11.6 Å². The van der Waals surface area contributed by atoms with Crippen molar-refractivity contribution in [3.63, 3.8) is 0 Å². The molecule has 0 aliphatic heterocycles. The summed E-state index contributed by atoms with van der Waals surface area (Å²) in [5, 5.41) is 20.4. The summed E-state index contributed by atoms with van der Waals surface area (Å²) in [6.45, 7) is 0. The van der Waals surface area contributed by atoms with Gasteiger partial charge in [0.1, 0.15) is 0 Å². The zero-order chi connectivity index (χ0) is 10.0. The van der Waals surface area contributed by atoms with E-state index in [1.165, 1.54) is 0 Å². The molecule has 13 heavy (non-hydrogen) atoms. The highest BCUT2D eigenvalue weighted by Gasteiger charge is 2.14. The highest BCUT2D eigenvalue weighted by molar-refractivity contribution is 5.86. The molecule has 0 aliphatic carbocycles. The quantitative estimate of drug-likeness (QED) is 0.481. The van der Waals surface area contributed by atoms with Crippen LogP contribution in [0.4, 0.5) is 10.1 Å². The monoisotopic (exact) mass is 184 g/mol. The van der Waals surface area contributed by atoms with Gasteiger partial charge >= 0.3 is 5.69 Å². The van der Waals surface area contributed by atoms with Crippen LogP contribution in [0.5, 0.6) is 0 Å². The van der Waals surface area contributed by atoms with Crippen LogP contribution in [0.1, 0.15) is 10.4 Å². The molecule has 0 fully saturated rings. The second kappa shape index (κ2) is 3.18. The fraction of sp³-hybridized carbons (Fsp3) is 0. The SMILES string of the molecule is O=C([O-])c1ccc(F)c([N+](=O)[O-])c1. The third-order valence-electron chi connectivity index (χ3n) is 1.38. The smallest absolute Gasteiger partial charge is 0.305 e. The van der Waals surface area contributed by atoms with Gasteiger partial charge in [-0.25, -0.2) is 0 Å². The summed E-state index contributed by atoms with van der Waals surface area (Å²) in [4.78, 5) is 19.4. The van der Waals surface area contributed by atoms with Crippen molar-refractivity contribution >= 4 is 11.7 Å². The number of carbonyl (C=O) groups is 1. The molecule has 1 aromatic rings. The normalized spacial score (nSPS) is 9.62. The van der Waals surface area contributed by atoms with Gasteiger partial charge in [-0.3, -0.25) is 10.1 Å². The van der Waals surface area contributed by atoms with Crippen molar-refractivity contribution in [1.82, 2.24) is 0 Å². The van der Waals surface area contributed by atoms with Gasteiger partial charge in [0.05, 0.1) is 10.9 Å². The van der Waals surface area contributed by atoms with E-state index in [-0.39, 0.29) is 0 Å². The minimum atomic E-state index is -1.58. The van der Waals surface area contributed by atoms with Crippen LogP contribution in [-0.2, 0) is 0 Å². The number of nitro benzene ring substituents is 1. The first-order valence-corrected chi connectivity index (χ1v) is 3.17. The number of carboxylic acid groups (broad SMARTS) is 1. The van der Waals surface area contributed by atoms with E-state index in [4.69, 9.17) is 0 Å². The van der Waals surface area contributed by atoms with Crippen LogP contribution in [0.25, 0.3) is 0 Å². The first kappa shape index (κ1) is 9.11. The molecule has 5 nitrogen and oxygen atoms in total. The molecule has 1 aromatic carbocycles. The standard InChI is InChI=1S/C7H4FNO4/c8-5-2-1-4(7(10)11)3-6(5)9(12)13/h1-3H,(H,10,11)/p-1. The summed E-state index contributed by atoms with van der Waals surface area (Å²) in [6, 6.07) is 2.23. The number of hydrogen-bond acceptors (Lipinski definition) is 4. The van der Waals surface area contributed by atoms with E-state index in [1.54, 1.807) is 0 Å². The number of benzene rings is 1. The molecule has 0 bridgehead atoms. The topological polar surface area (TPSA) is 83.3 Å². The molecule has 0 unspecified atom stereocenters. The highest BCUT2D eigenvalue weighted by atomic mass is 19.1. The third-order valence-corrected chi connectivity index (χ3v) is 1.38. The van der Waals surface area contributed by atoms with Crippen molar-refractivity contribution in [3.05, 3.63) is 39.7 Å². The lowest BCUT2D eigenvalue weighted by atomic mass is 10.2. The summed E-state index contributed by atoms with van der Waals surface area (Å²) in [6.07, 6.45) is 0. The van der Waals surface area contributed by atoms with Gasteiger partial charge in [-0.2, -0.15) is 4.39 Å². The molecular formula is C7H3FNO4-. The molecule has 0 heterocycles. The van der Waals surface area contributed by atoms with Gasteiger partial charge in [-0.1, -0.05) is 0 Å². The highest BCUT2D eigenvalue weighted by Crippen LogP contribution is 2.17. The average Bonchev–Trinajstić information content (AvgIpc) is 2.04. The molecule has 0 N–H and O–H groups in total. The van der Waals surface area contributed by atoms with Gasteiger partial charge < -0.3 is 9.90 Å². The van der Waals surface area contributed by atoms with E-state index in [2.05, 4.69) is 0 Å². The van der Waals surface area contributed by atoms with Crippen LogP contribution < -0.4 is 5.11 Å². The molecule has 0 radical (unpaired) electrons. The van der Waals surface area contributed by atoms with E-state index in [9.17, 15) is 24.4 Å². The Hall–Kier alpha value is -1.98. The second-order valence-electron chi connectivity index (χ2n) is 2.21. The van der Waals surface area contributed by atoms with Crippen molar-refractivity contribution < 1.29 is 19.2 Å². The molecule has 0 saturated heterocycles. The summed E-state index contributed by atoms with van der Waals surface area (Å²) in [5.74, 6) is -2.65. The maximum atomic E-state index is 12.6. The Labute approximate surface area is 71.6 Å². The number of halogens is 1. The number of carbonyl (C=O) groups excluding carboxylic acids is 1. The Balaban J connectivity index is 3.27. The van der Waals surface area contributed by atoms with E-state index in [0.29, 0.717) is 12.1 Å². The zero-order valence-electron chi connectivity index (χ0n) is 6.19. The first-order chi connectivity index (χ1) is 6.02. The molecule has 0 aliphatic rings. The molecule has 0 aromatic heterocycles. The third kappa shape index (κ3) is 1.78. The minimum absolute atomic E-state index is 0.423. The lowest BCUT2D eigenvalue weighted by molar-refractivity contribution is -0.387. The van der Waals surface area contributed by atoms with Gasteiger partial charge in [0.25, 0.3) is 0 Å². The molecule has 6 heteroatoms. The molecule has 68 valence electrons.